The summed E-state index contributed by atoms with van der Waals surface area (Å²) in [6.07, 6.45) is 1.38. The summed E-state index contributed by atoms with van der Waals surface area (Å²) in [5.74, 6) is 0. The average molecular weight is 162 g/mol. The van der Waals surface area contributed by atoms with Crippen molar-refractivity contribution in [2.45, 2.75) is 13.8 Å². The van der Waals surface area contributed by atoms with Crippen LogP contribution in [0.3, 0.4) is 0 Å². The summed E-state index contributed by atoms with van der Waals surface area (Å²) < 4.78 is 29.2. The summed E-state index contributed by atoms with van der Waals surface area (Å²) in [6, 6.07) is 0. The van der Waals surface area contributed by atoms with E-state index in [2.05, 4.69) is 6.58 Å². The Bertz CT molecular complexity index is 259. The third kappa shape index (κ3) is 2.33. The number of allylic oxidation sites excluding steroid dienone is 3. The van der Waals surface area contributed by atoms with Gasteiger partial charge in [-0.25, -0.2) is 0 Å². The average Bonchev–Trinajstić information content (AvgIpc) is 1.83. The maximum absolute atomic E-state index is 10.4. The normalized spacial score (nSPS) is 14.3. The van der Waals surface area contributed by atoms with E-state index in [1.165, 1.54) is 13.0 Å². The van der Waals surface area contributed by atoms with Crippen molar-refractivity contribution >= 4 is 10.1 Å². The van der Waals surface area contributed by atoms with Crippen molar-refractivity contribution in [1.29, 1.82) is 0 Å². The fourth-order valence-electron chi connectivity index (χ4n) is 0.347. The Hall–Kier alpha value is -0.610. The first kappa shape index (κ1) is 9.39. The monoisotopic (exact) mass is 162 g/mol. The molecule has 0 aromatic rings. The van der Waals surface area contributed by atoms with Gasteiger partial charge in [0.15, 0.2) is 0 Å². The molecule has 0 aliphatic rings. The van der Waals surface area contributed by atoms with Gasteiger partial charge in [0.05, 0.1) is 4.91 Å². The Morgan fingerprint density at radius 2 is 1.90 bits per heavy atom. The van der Waals surface area contributed by atoms with Crippen molar-refractivity contribution in [1.82, 2.24) is 0 Å². The number of hydrogen-bond acceptors (Lipinski definition) is 2. The molecule has 0 aliphatic heterocycles. The molecule has 0 heterocycles. The van der Waals surface area contributed by atoms with E-state index in [4.69, 9.17) is 4.55 Å². The van der Waals surface area contributed by atoms with Gasteiger partial charge in [-0.2, -0.15) is 8.42 Å². The smallest absolute Gasteiger partial charge is 0.282 e. The van der Waals surface area contributed by atoms with E-state index < -0.39 is 10.1 Å². The molecule has 4 heteroatoms. The van der Waals surface area contributed by atoms with Gasteiger partial charge in [0.25, 0.3) is 10.1 Å². The van der Waals surface area contributed by atoms with E-state index in [9.17, 15) is 8.42 Å². The fourth-order valence-corrected chi connectivity index (χ4v) is 0.837. The van der Waals surface area contributed by atoms with Crippen molar-refractivity contribution in [3.05, 3.63) is 23.1 Å². The topological polar surface area (TPSA) is 54.4 Å². The maximum atomic E-state index is 10.4. The summed E-state index contributed by atoms with van der Waals surface area (Å²) in [6.45, 7) is 6.25. The Morgan fingerprint density at radius 1 is 1.50 bits per heavy atom. The number of rotatable bonds is 2. The van der Waals surface area contributed by atoms with Gasteiger partial charge < -0.3 is 0 Å². The first-order valence-electron chi connectivity index (χ1n) is 2.67. The van der Waals surface area contributed by atoms with Crippen LogP contribution in [0.5, 0.6) is 0 Å². The summed E-state index contributed by atoms with van der Waals surface area (Å²) in [4.78, 5) is -0.0532. The molecule has 58 valence electrons. The van der Waals surface area contributed by atoms with Crippen LogP contribution in [0.15, 0.2) is 23.1 Å². The van der Waals surface area contributed by atoms with Gasteiger partial charge in [-0.1, -0.05) is 12.7 Å². The molecule has 3 nitrogen and oxygen atoms in total. The number of hydrogen-bond donors (Lipinski definition) is 1. The van der Waals surface area contributed by atoms with Crippen molar-refractivity contribution in [2.24, 2.45) is 0 Å². The minimum atomic E-state index is -4.01. The first-order valence-corrected chi connectivity index (χ1v) is 4.11. The molecule has 0 amide bonds. The molecule has 0 bridgehead atoms. The lowest BCUT2D eigenvalue weighted by Crippen LogP contribution is -1.99. The van der Waals surface area contributed by atoms with E-state index >= 15 is 0 Å². The lowest BCUT2D eigenvalue weighted by molar-refractivity contribution is 0.490. The molecule has 0 aromatic carbocycles. The van der Waals surface area contributed by atoms with E-state index in [1.54, 1.807) is 6.92 Å². The molecule has 0 spiro atoms. The largest absolute Gasteiger partial charge is 0.290 e. The molecule has 0 saturated carbocycles. The SMILES string of the molecule is C=C/C(C)=C(\C)S(=O)(=O)O. The second kappa shape index (κ2) is 2.98. The molecule has 0 aromatic heterocycles. The van der Waals surface area contributed by atoms with Gasteiger partial charge in [-0.3, -0.25) is 4.55 Å². The molecule has 0 rings (SSSR count). The van der Waals surface area contributed by atoms with Gasteiger partial charge >= 0.3 is 0 Å². The standard InChI is InChI=1S/C6H10O3S/c1-4-5(2)6(3)10(7,8)9/h4H,1H2,2-3H3,(H,7,8,9)/b6-5+. The molecule has 1 N–H and O–H groups in total. The molecule has 10 heavy (non-hydrogen) atoms. The van der Waals surface area contributed by atoms with Crippen molar-refractivity contribution in [3.63, 3.8) is 0 Å². The van der Waals surface area contributed by atoms with Crippen molar-refractivity contribution in [3.8, 4) is 0 Å². The fraction of sp³-hybridized carbons (Fsp3) is 0.333. The van der Waals surface area contributed by atoms with Crippen molar-refractivity contribution in [2.75, 3.05) is 0 Å². The molecule has 0 radical (unpaired) electrons. The summed E-state index contributed by atoms with van der Waals surface area (Å²) >= 11 is 0. The third-order valence-corrected chi connectivity index (χ3v) is 2.34. The summed E-state index contributed by atoms with van der Waals surface area (Å²) in [7, 11) is -4.01. The predicted octanol–water partition coefficient (Wildman–Crippen LogP) is 1.35. The molecular formula is C6H10O3S. The van der Waals surface area contributed by atoms with Crippen LogP contribution in [0, 0.1) is 0 Å². The lowest BCUT2D eigenvalue weighted by Gasteiger charge is -1.97. The summed E-state index contributed by atoms with van der Waals surface area (Å²) in [5.41, 5.74) is 0.461. The van der Waals surface area contributed by atoms with Gasteiger partial charge in [0.2, 0.25) is 0 Å². The second-order valence-corrected chi connectivity index (χ2v) is 3.48. The zero-order chi connectivity index (χ0) is 8.36. The van der Waals surface area contributed by atoms with Gasteiger partial charge in [-0.15, -0.1) is 0 Å². The molecule has 0 saturated heterocycles. The Labute approximate surface area is 60.8 Å². The van der Waals surface area contributed by atoms with Crippen LogP contribution in [-0.4, -0.2) is 13.0 Å². The summed E-state index contributed by atoms with van der Waals surface area (Å²) in [5, 5.41) is 0. The van der Waals surface area contributed by atoms with Crippen LogP contribution in [0.4, 0.5) is 0 Å². The van der Waals surface area contributed by atoms with E-state index in [1.807, 2.05) is 0 Å². The third-order valence-electron chi connectivity index (χ3n) is 1.25. The zero-order valence-corrected chi connectivity index (χ0v) is 6.77. The van der Waals surface area contributed by atoms with Crippen LogP contribution >= 0.6 is 0 Å². The van der Waals surface area contributed by atoms with Gasteiger partial charge in [-0.05, 0) is 19.4 Å². The molecular weight excluding hydrogens is 152 g/mol. The highest BCUT2D eigenvalue weighted by Gasteiger charge is 2.08. The Balaban J connectivity index is 5.02. The van der Waals surface area contributed by atoms with Crippen LogP contribution in [-0.2, 0) is 10.1 Å². The molecule has 0 fully saturated rings. The van der Waals surface area contributed by atoms with Crippen molar-refractivity contribution < 1.29 is 13.0 Å². The highest BCUT2D eigenvalue weighted by molar-refractivity contribution is 7.89. The minimum Gasteiger partial charge on any atom is -0.282 e. The van der Waals surface area contributed by atoms with Crippen LogP contribution in [0.1, 0.15) is 13.8 Å². The first-order chi connectivity index (χ1) is 4.39. The van der Waals surface area contributed by atoms with E-state index in [0.29, 0.717) is 5.57 Å². The van der Waals surface area contributed by atoms with Crippen LogP contribution < -0.4 is 0 Å². The lowest BCUT2D eigenvalue weighted by atomic mass is 10.3. The zero-order valence-electron chi connectivity index (χ0n) is 5.96. The molecule has 0 atom stereocenters. The van der Waals surface area contributed by atoms with Gasteiger partial charge in [0, 0.05) is 0 Å². The Morgan fingerprint density at radius 3 is 2.00 bits per heavy atom. The highest BCUT2D eigenvalue weighted by Crippen LogP contribution is 2.09. The molecule has 0 unspecified atom stereocenters. The van der Waals surface area contributed by atoms with E-state index in [-0.39, 0.29) is 4.91 Å². The highest BCUT2D eigenvalue weighted by atomic mass is 32.2. The predicted molar refractivity (Wildman–Crippen MR) is 40.1 cm³/mol. The van der Waals surface area contributed by atoms with Gasteiger partial charge in [0.1, 0.15) is 0 Å². The van der Waals surface area contributed by atoms with Crippen LogP contribution in [0.25, 0.3) is 0 Å². The molecule has 0 aliphatic carbocycles. The maximum Gasteiger partial charge on any atom is 0.290 e. The Kier molecular flexibility index (Phi) is 2.80. The minimum absolute atomic E-state index is 0.0532. The van der Waals surface area contributed by atoms with E-state index in [0.717, 1.165) is 0 Å². The second-order valence-electron chi connectivity index (χ2n) is 1.92. The van der Waals surface area contributed by atoms with Crippen LogP contribution in [0.2, 0.25) is 0 Å². The quantitative estimate of drug-likeness (QED) is 0.492.